The molecule has 0 aromatic heterocycles. The van der Waals surface area contributed by atoms with Crippen LogP contribution in [-0.4, -0.2) is 19.3 Å². The first-order valence-corrected chi connectivity index (χ1v) is 14.0. The van der Waals surface area contributed by atoms with Gasteiger partial charge in [0.25, 0.3) is 10.0 Å². The summed E-state index contributed by atoms with van der Waals surface area (Å²) in [6.45, 7) is 4.16. The summed E-state index contributed by atoms with van der Waals surface area (Å²) in [6.07, 6.45) is 4.12. The maximum Gasteiger partial charge on any atom is 0.264 e. The first kappa shape index (κ1) is 25.1. The van der Waals surface area contributed by atoms with Crippen molar-refractivity contribution in [2.75, 3.05) is 6.54 Å². The van der Waals surface area contributed by atoms with Crippen molar-refractivity contribution in [2.24, 2.45) is 0 Å². The third kappa shape index (κ3) is 5.27. The van der Waals surface area contributed by atoms with Crippen molar-refractivity contribution < 1.29 is 8.42 Å². The highest BCUT2D eigenvalue weighted by Crippen LogP contribution is 2.39. The normalized spacial score (nSPS) is 16.1. The minimum absolute atomic E-state index is 0.172. The standard InChI is InChI=1S/C32H28ClNO2S/c1-23-13-16-29(17-14-23)37(35,36)34-22-28(26-11-7-4-8-12-26)20-27(25-9-5-3-6-10-25)21-32(34)30-18-15-24(2)19-31(30)33/h3-21,28H,22H2,1-2H3. The summed E-state index contributed by atoms with van der Waals surface area (Å²) in [5.41, 5.74) is 6.25. The van der Waals surface area contributed by atoms with E-state index in [0.717, 1.165) is 27.8 Å². The number of nitrogens with zero attached hydrogens (tertiary/aromatic N) is 1. The Morgan fingerprint density at radius 2 is 1.41 bits per heavy atom. The van der Waals surface area contributed by atoms with Crippen LogP contribution in [0.5, 0.6) is 0 Å². The van der Waals surface area contributed by atoms with Gasteiger partial charge in [-0.1, -0.05) is 108 Å². The fourth-order valence-corrected chi connectivity index (χ4v) is 6.46. The molecule has 37 heavy (non-hydrogen) atoms. The molecule has 0 radical (unpaired) electrons. The van der Waals surface area contributed by atoms with Crippen molar-refractivity contribution in [1.29, 1.82) is 0 Å². The van der Waals surface area contributed by atoms with Crippen LogP contribution in [0.1, 0.15) is 33.7 Å². The van der Waals surface area contributed by atoms with Crippen molar-refractivity contribution in [1.82, 2.24) is 4.31 Å². The number of allylic oxidation sites excluding steroid dienone is 2. The van der Waals surface area contributed by atoms with Crippen LogP contribution in [0.3, 0.4) is 0 Å². The molecule has 1 unspecified atom stereocenters. The van der Waals surface area contributed by atoms with E-state index in [1.54, 1.807) is 12.1 Å². The minimum Gasteiger partial charge on any atom is -0.265 e. The predicted molar refractivity (Wildman–Crippen MR) is 153 cm³/mol. The fourth-order valence-electron chi connectivity index (χ4n) is 4.63. The van der Waals surface area contributed by atoms with Crippen molar-refractivity contribution >= 4 is 32.9 Å². The van der Waals surface area contributed by atoms with Gasteiger partial charge in [-0.15, -0.1) is 0 Å². The van der Waals surface area contributed by atoms with Crippen molar-refractivity contribution in [3.63, 3.8) is 0 Å². The second-order valence-electron chi connectivity index (χ2n) is 9.37. The molecule has 5 heteroatoms. The van der Waals surface area contributed by atoms with Crippen LogP contribution in [0.4, 0.5) is 0 Å². The summed E-state index contributed by atoms with van der Waals surface area (Å²) in [7, 11) is -3.90. The molecule has 186 valence electrons. The van der Waals surface area contributed by atoms with Gasteiger partial charge in [0, 0.05) is 18.0 Å². The van der Waals surface area contributed by atoms with Gasteiger partial charge in [0.1, 0.15) is 0 Å². The van der Waals surface area contributed by atoms with Crippen LogP contribution in [-0.2, 0) is 10.0 Å². The predicted octanol–water partition coefficient (Wildman–Crippen LogP) is 7.87. The van der Waals surface area contributed by atoms with E-state index in [1.165, 1.54) is 4.31 Å². The number of sulfonamides is 1. The average molecular weight is 526 g/mol. The van der Waals surface area contributed by atoms with Gasteiger partial charge in [0.15, 0.2) is 0 Å². The zero-order valence-corrected chi connectivity index (χ0v) is 22.4. The van der Waals surface area contributed by atoms with Gasteiger partial charge in [0.2, 0.25) is 0 Å². The second kappa shape index (κ2) is 10.4. The molecule has 0 spiro atoms. The molecule has 0 aliphatic carbocycles. The zero-order valence-electron chi connectivity index (χ0n) is 20.8. The van der Waals surface area contributed by atoms with Crippen molar-refractivity contribution in [3.8, 4) is 0 Å². The van der Waals surface area contributed by atoms with E-state index < -0.39 is 10.0 Å². The van der Waals surface area contributed by atoms with Gasteiger partial charge in [0.05, 0.1) is 15.6 Å². The molecule has 4 aromatic rings. The lowest BCUT2D eigenvalue weighted by Gasteiger charge is -2.29. The number of benzene rings is 4. The van der Waals surface area contributed by atoms with E-state index in [2.05, 4.69) is 6.08 Å². The Hall–Kier alpha value is -3.60. The summed E-state index contributed by atoms with van der Waals surface area (Å²) in [5, 5.41) is 0.515. The highest BCUT2D eigenvalue weighted by Gasteiger charge is 2.33. The van der Waals surface area contributed by atoms with E-state index >= 15 is 0 Å². The maximum absolute atomic E-state index is 14.3. The summed E-state index contributed by atoms with van der Waals surface area (Å²) < 4.78 is 30.0. The molecule has 1 atom stereocenters. The number of hydrogen-bond donors (Lipinski definition) is 0. The molecule has 0 saturated carbocycles. The fraction of sp³-hybridized carbons (Fsp3) is 0.125. The first-order chi connectivity index (χ1) is 17.8. The van der Waals surface area contributed by atoms with E-state index in [-0.39, 0.29) is 17.4 Å². The topological polar surface area (TPSA) is 37.4 Å². The Morgan fingerprint density at radius 1 is 0.784 bits per heavy atom. The molecule has 0 bridgehead atoms. The van der Waals surface area contributed by atoms with Crippen LogP contribution in [0, 0.1) is 13.8 Å². The quantitative estimate of drug-likeness (QED) is 0.266. The molecule has 0 amide bonds. The molecule has 1 aliphatic heterocycles. The zero-order chi connectivity index (χ0) is 26.0. The lowest BCUT2D eigenvalue weighted by molar-refractivity contribution is 0.499. The molecule has 1 aliphatic rings. The van der Waals surface area contributed by atoms with Gasteiger partial charge in [-0.05, 0) is 60.4 Å². The largest absolute Gasteiger partial charge is 0.265 e. The molecule has 0 saturated heterocycles. The number of halogens is 1. The third-order valence-electron chi connectivity index (χ3n) is 6.65. The summed E-state index contributed by atoms with van der Waals surface area (Å²) in [5.74, 6) is -0.172. The van der Waals surface area contributed by atoms with Gasteiger partial charge in [-0.25, -0.2) is 8.42 Å². The molecule has 0 fully saturated rings. The van der Waals surface area contributed by atoms with Crippen molar-refractivity contribution in [3.05, 3.63) is 148 Å². The molecular formula is C32H28ClNO2S. The van der Waals surface area contributed by atoms with Crippen LogP contribution in [0.15, 0.2) is 120 Å². The van der Waals surface area contributed by atoms with Crippen LogP contribution < -0.4 is 0 Å². The third-order valence-corrected chi connectivity index (χ3v) is 8.76. The minimum atomic E-state index is -3.90. The summed E-state index contributed by atoms with van der Waals surface area (Å²) in [6, 6.07) is 32.8. The summed E-state index contributed by atoms with van der Waals surface area (Å²) >= 11 is 6.76. The molecule has 3 nitrogen and oxygen atoms in total. The average Bonchev–Trinajstić information content (AvgIpc) is 3.11. The van der Waals surface area contributed by atoms with Gasteiger partial charge >= 0.3 is 0 Å². The monoisotopic (exact) mass is 525 g/mol. The number of rotatable bonds is 5. The van der Waals surface area contributed by atoms with Gasteiger partial charge in [-0.3, -0.25) is 4.31 Å². The van der Waals surface area contributed by atoms with Gasteiger partial charge < -0.3 is 0 Å². The number of hydrogen-bond acceptors (Lipinski definition) is 2. The highest BCUT2D eigenvalue weighted by atomic mass is 35.5. The Morgan fingerprint density at radius 3 is 2.05 bits per heavy atom. The Bertz CT molecular complexity index is 1580. The second-order valence-corrected chi connectivity index (χ2v) is 11.6. The highest BCUT2D eigenvalue weighted by molar-refractivity contribution is 7.89. The first-order valence-electron chi connectivity index (χ1n) is 12.2. The Kier molecular flexibility index (Phi) is 7.05. The molecule has 0 N–H and O–H groups in total. The van der Waals surface area contributed by atoms with Crippen LogP contribution in [0.25, 0.3) is 11.3 Å². The van der Waals surface area contributed by atoms with E-state index in [9.17, 15) is 8.42 Å². The summed E-state index contributed by atoms with van der Waals surface area (Å²) in [4.78, 5) is 0.252. The van der Waals surface area contributed by atoms with E-state index in [4.69, 9.17) is 11.6 Å². The SMILES string of the molecule is Cc1ccc(S(=O)(=O)N2CC(c3ccccc3)C=C(c3ccccc3)C=C2c2ccc(C)cc2Cl)cc1. The van der Waals surface area contributed by atoms with Gasteiger partial charge in [-0.2, -0.15) is 0 Å². The molecule has 1 heterocycles. The molecule has 4 aromatic carbocycles. The molecule has 5 rings (SSSR count). The lowest BCUT2D eigenvalue weighted by Crippen LogP contribution is -2.32. The maximum atomic E-state index is 14.3. The Labute approximate surface area is 224 Å². The lowest BCUT2D eigenvalue weighted by atomic mass is 9.94. The van der Waals surface area contributed by atoms with Crippen LogP contribution in [0.2, 0.25) is 5.02 Å². The van der Waals surface area contributed by atoms with Crippen molar-refractivity contribution in [2.45, 2.75) is 24.7 Å². The molecular weight excluding hydrogens is 498 g/mol. The smallest absolute Gasteiger partial charge is 0.264 e. The van der Waals surface area contributed by atoms with Crippen LogP contribution >= 0.6 is 11.6 Å². The number of aryl methyl sites for hydroxylation is 2. The van der Waals surface area contributed by atoms with E-state index in [0.29, 0.717) is 16.3 Å². The Balaban J connectivity index is 1.76. The van der Waals surface area contributed by atoms with E-state index in [1.807, 2.05) is 111 Å².